The molecule has 0 fully saturated rings. The fraction of sp³-hybridized carbons (Fsp3) is 0.182. The zero-order valence-electron chi connectivity index (χ0n) is 17.7. The summed E-state index contributed by atoms with van der Waals surface area (Å²) in [6.45, 7) is 5.24. The van der Waals surface area contributed by atoms with Crippen LogP contribution in [0.1, 0.15) is 29.8 Å². The highest BCUT2D eigenvalue weighted by Crippen LogP contribution is 2.26. The third-order valence-electron chi connectivity index (χ3n) is 4.65. The summed E-state index contributed by atoms with van der Waals surface area (Å²) in [7, 11) is -3.88. The van der Waals surface area contributed by atoms with E-state index in [0.29, 0.717) is 33.7 Å². The Bertz CT molecular complexity index is 1400. The van der Waals surface area contributed by atoms with Gasteiger partial charge in [-0.15, -0.1) is 10.2 Å². The summed E-state index contributed by atoms with van der Waals surface area (Å²) in [4.78, 5) is 12.1. The maximum atomic E-state index is 13.1. The topological polar surface area (TPSA) is 116 Å². The van der Waals surface area contributed by atoms with Gasteiger partial charge in [-0.05, 0) is 68.8 Å². The first-order valence-corrected chi connectivity index (χ1v) is 11.3. The van der Waals surface area contributed by atoms with Crippen molar-refractivity contribution < 1.29 is 17.9 Å². The SMILES string of the molecule is Cc1ccc(-c2ccc3nncn3n2)cc1S(=O)(=O)Nc1ccc(C(=O)OC(C)C)cc1. The van der Waals surface area contributed by atoms with Gasteiger partial charge in [-0.1, -0.05) is 12.1 Å². The molecule has 10 heteroatoms. The van der Waals surface area contributed by atoms with Crippen LogP contribution in [0.4, 0.5) is 5.69 Å². The van der Waals surface area contributed by atoms with E-state index in [9.17, 15) is 13.2 Å². The number of aromatic nitrogens is 4. The lowest BCUT2D eigenvalue weighted by Gasteiger charge is -2.13. The van der Waals surface area contributed by atoms with Crippen LogP contribution >= 0.6 is 0 Å². The highest BCUT2D eigenvalue weighted by molar-refractivity contribution is 7.92. The van der Waals surface area contributed by atoms with Crippen LogP contribution in [-0.2, 0) is 14.8 Å². The molecule has 0 aliphatic carbocycles. The van der Waals surface area contributed by atoms with E-state index in [-0.39, 0.29) is 11.0 Å². The van der Waals surface area contributed by atoms with Gasteiger partial charge in [0.2, 0.25) is 0 Å². The molecule has 0 atom stereocenters. The van der Waals surface area contributed by atoms with E-state index in [1.54, 1.807) is 45.0 Å². The van der Waals surface area contributed by atoms with Crippen LogP contribution in [0.3, 0.4) is 0 Å². The highest BCUT2D eigenvalue weighted by atomic mass is 32.2. The number of esters is 1. The fourth-order valence-corrected chi connectivity index (χ4v) is 4.43. The normalized spacial score (nSPS) is 11.6. The van der Waals surface area contributed by atoms with Crippen LogP contribution in [-0.4, -0.2) is 40.3 Å². The molecule has 0 saturated heterocycles. The van der Waals surface area contributed by atoms with Gasteiger partial charge in [-0.2, -0.15) is 9.61 Å². The van der Waals surface area contributed by atoms with Crippen molar-refractivity contribution in [2.75, 3.05) is 4.72 Å². The number of nitrogens with zero attached hydrogens (tertiary/aromatic N) is 4. The summed E-state index contributed by atoms with van der Waals surface area (Å²) in [5.74, 6) is -0.462. The number of carbonyl (C=O) groups excluding carboxylic acids is 1. The van der Waals surface area contributed by atoms with Crippen molar-refractivity contribution in [3.05, 3.63) is 72.1 Å². The largest absolute Gasteiger partial charge is 0.459 e. The molecule has 0 amide bonds. The predicted octanol–water partition coefficient (Wildman–Crippen LogP) is 3.47. The molecule has 9 nitrogen and oxygen atoms in total. The molecule has 4 aromatic rings. The number of aryl methyl sites for hydroxylation is 1. The zero-order valence-corrected chi connectivity index (χ0v) is 18.5. The Morgan fingerprint density at radius 1 is 1.06 bits per heavy atom. The van der Waals surface area contributed by atoms with E-state index in [0.717, 1.165) is 0 Å². The number of nitrogens with one attached hydrogen (secondary N) is 1. The van der Waals surface area contributed by atoms with Crippen molar-refractivity contribution in [2.45, 2.75) is 31.8 Å². The molecule has 1 N–H and O–H groups in total. The van der Waals surface area contributed by atoms with E-state index in [1.165, 1.54) is 35.1 Å². The number of ether oxygens (including phenoxy) is 1. The molecule has 0 spiro atoms. The Morgan fingerprint density at radius 2 is 1.81 bits per heavy atom. The molecule has 0 saturated carbocycles. The second kappa shape index (κ2) is 8.39. The molecule has 2 aromatic heterocycles. The lowest BCUT2D eigenvalue weighted by Crippen LogP contribution is -2.15. The molecule has 0 radical (unpaired) electrons. The number of sulfonamides is 1. The van der Waals surface area contributed by atoms with Gasteiger partial charge in [0.25, 0.3) is 10.0 Å². The van der Waals surface area contributed by atoms with Gasteiger partial charge in [0.1, 0.15) is 6.33 Å². The number of carbonyl (C=O) groups is 1. The van der Waals surface area contributed by atoms with E-state index in [2.05, 4.69) is 20.0 Å². The molecule has 2 aromatic carbocycles. The first-order chi connectivity index (χ1) is 15.2. The average Bonchev–Trinajstić information content (AvgIpc) is 3.21. The minimum absolute atomic E-state index is 0.129. The van der Waals surface area contributed by atoms with Crippen molar-refractivity contribution >= 4 is 27.3 Å². The van der Waals surface area contributed by atoms with Crippen molar-refractivity contribution in [3.63, 3.8) is 0 Å². The summed E-state index contributed by atoms with van der Waals surface area (Å²) in [5, 5.41) is 12.1. The van der Waals surface area contributed by atoms with Crippen molar-refractivity contribution in [3.8, 4) is 11.3 Å². The highest BCUT2D eigenvalue weighted by Gasteiger charge is 2.19. The second-order valence-electron chi connectivity index (χ2n) is 7.47. The first-order valence-electron chi connectivity index (χ1n) is 9.85. The molecular formula is C22H21N5O4S. The van der Waals surface area contributed by atoms with E-state index >= 15 is 0 Å². The number of anilines is 1. The van der Waals surface area contributed by atoms with Gasteiger partial charge in [-0.25, -0.2) is 13.2 Å². The molecule has 0 aliphatic rings. The maximum absolute atomic E-state index is 13.1. The molecule has 32 heavy (non-hydrogen) atoms. The van der Waals surface area contributed by atoms with Gasteiger partial charge < -0.3 is 4.74 Å². The third kappa shape index (κ3) is 4.45. The van der Waals surface area contributed by atoms with Crippen molar-refractivity contribution in [1.82, 2.24) is 19.8 Å². The van der Waals surface area contributed by atoms with Crippen molar-refractivity contribution in [2.24, 2.45) is 0 Å². The van der Waals surface area contributed by atoms with Crippen LogP contribution in [0, 0.1) is 6.92 Å². The summed E-state index contributed by atoms with van der Waals surface area (Å²) >= 11 is 0. The van der Waals surface area contributed by atoms with Crippen LogP contribution < -0.4 is 4.72 Å². The fourth-order valence-electron chi connectivity index (χ4n) is 3.10. The van der Waals surface area contributed by atoms with Gasteiger partial charge in [0, 0.05) is 11.3 Å². The monoisotopic (exact) mass is 451 g/mol. The van der Waals surface area contributed by atoms with Crippen LogP contribution in [0.2, 0.25) is 0 Å². The average molecular weight is 452 g/mol. The minimum Gasteiger partial charge on any atom is -0.459 e. The number of benzene rings is 2. The maximum Gasteiger partial charge on any atom is 0.338 e. The Hall–Kier alpha value is -3.79. The lowest BCUT2D eigenvalue weighted by molar-refractivity contribution is 0.0378. The Balaban J connectivity index is 1.61. The van der Waals surface area contributed by atoms with Gasteiger partial charge in [-0.3, -0.25) is 4.72 Å². The van der Waals surface area contributed by atoms with Gasteiger partial charge in [0.15, 0.2) is 5.65 Å². The standard InChI is InChI=1S/C22H21N5O4S/c1-14(2)31-22(28)16-6-8-18(9-7-16)26-32(29,30)20-12-17(5-4-15(20)3)19-10-11-21-24-23-13-27(21)25-19/h4-14,26H,1-3H3. The van der Waals surface area contributed by atoms with E-state index < -0.39 is 16.0 Å². The Kier molecular flexibility index (Phi) is 5.62. The third-order valence-corrected chi connectivity index (χ3v) is 6.17. The second-order valence-corrected chi connectivity index (χ2v) is 9.12. The lowest BCUT2D eigenvalue weighted by atomic mass is 10.1. The van der Waals surface area contributed by atoms with E-state index in [1.807, 2.05) is 6.07 Å². The number of fused-ring (bicyclic) bond motifs is 1. The van der Waals surface area contributed by atoms with Gasteiger partial charge in [0.05, 0.1) is 22.3 Å². The summed E-state index contributed by atoms with van der Waals surface area (Å²) in [5.41, 5.74) is 3.08. The summed E-state index contributed by atoms with van der Waals surface area (Å²) in [6.07, 6.45) is 1.24. The molecule has 4 rings (SSSR count). The number of rotatable bonds is 6. The molecule has 0 aliphatic heterocycles. The summed E-state index contributed by atoms with van der Waals surface area (Å²) < 4.78 is 35.4. The van der Waals surface area contributed by atoms with Crippen LogP contribution in [0.5, 0.6) is 0 Å². The van der Waals surface area contributed by atoms with Crippen LogP contribution in [0.15, 0.2) is 65.8 Å². The Morgan fingerprint density at radius 3 is 2.53 bits per heavy atom. The molecule has 2 heterocycles. The van der Waals surface area contributed by atoms with Crippen LogP contribution in [0.25, 0.3) is 16.9 Å². The predicted molar refractivity (Wildman–Crippen MR) is 119 cm³/mol. The molecule has 0 unspecified atom stereocenters. The summed E-state index contributed by atoms with van der Waals surface area (Å²) in [6, 6.07) is 14.7. The van der Waals surface area contributed by atoms with Crippen molar-refractivity contribution in [1.29, 1.82) is 0 Å². The number of hydrogen-bond donors (Lipinski definition) is 1. The number of hydrogen-bond acceptors (Lipinski definition) is 7. The minimum atomic E-state index is -3.88. The van der Waals surface area contributed by atoms with E-state index in [4.69, 9.17) is 4.74 Å². The molecule has 0 bridgehead atoms. The smallest absolute Gasteiger partial charge is 0.338 e. The quantitative estimate of drug-likeness (QED) is 0.446. The van der Waals surface area contributed by atoms with Gasteiger partial charge >= 0.3 is 5.97 Å². The molecule has 164 valence electrons. The first kappa shape index (κ1) is 21.4. The zero-order chi connectivity index (χ0) is 22.9. The Labute approximate surface area is 185 Å². The molecular weight excluding hydrogens is 430 g/mol.